The maximum atomic E-state index is 12.5. The minimum atomic E-state index is -4.65. The minimum absolute atomic E-state index is 0.00604. The third-order valence-corrected chi connectivity index (χ3v) is 2.76. The van der Waals surface area contributed by atoms with Crippen LogP contribution in [0.3, 0.4) is 0 Å². The molecule has 0 bridgehead atoms. The maximum Gasteiger partial charge on any atom is 0.451 e. The van der Waals surface area contributed by atoms with Crippen molar-refractivity contribution in [3.63, 3.8) is 0 Å². The zero-order valence-electron chi connectivity index (χ0n) is 9.59. The van der Waals surface area contributed by atoms with E-state index in [-0.39, 0.29) is 22.9 Å². The van der Waals surface area contributed by atoms with Crippen LogP contribution < -0.4 is 10.6 Å². The Morgan fingerprint density at radius 2 is 2.16 bits per heavy atom. The molecule has 0 aliphatic carbocycles. The van der Waals surface area contributed by atoms with Crippen LogP contribution in [0, 0.1) is 0 Å². The molecule has 1 aliphatic rings. The molecule has 0 saturated carbocycles. The smallest absolute Gasteiger partial charge is 0.365 e. The zero-order chi connectivity index (χ0) is 14.0. The largest absolute Gasteiger partial charge is 0.451 e. The van der Waals surface area contributed by atoms with Gasteiger partial charge in [0.15, 0.2) is 0 Å². The first-order valence-electron chi connectivity index (χ1n) is 5.49. The molecule has 1 aromatic heterocycles. The minimum Gasteiger partial charge on any atom is -0.365 e. The van der Waals surface area contributed by atoms with Gasteiger partial charge in [-0.3, -0.25) is 4.79 Å². The number of carbonyl (C=O) groups excluding carboxylic acids is 1. The van der Waals surface area contributed by atoms with Gasteiger partial charge in [0, 0.05) is 25.1 Å². The van der Waals surface area contributed by atoms with Crippen molar-refractivity contribution >= 4 is 23.3 Å². The molecule has 5 nitrogen and oxygen atoms in total. The second-order valence-corrected chi connectivity index (χ2v) is 4.47. The van der Waals surface area contributed by atoms with Crippen LogP contribution in [0.1, 0.15) is 18.7 Å². The summed E-state index contributed by atoms with van der Waals surface area (Å²) in [7, 11) is 0. The van der Waals surface area contributed by atoms with E-state index in [1.54, 1.807) is 0 Å². The molecule has 1 aliphatic heterocycles. The zero-order valence-corrected chi connectivity index (χ0v) is 10.3. The standard InChI is InChI=1S/C10H10ClF3N4O/c11-6-3-7(18-9(17-6)10(12,13)14)16-5-1-2-8(19)15-4-5/h3,5H,1-2,4H2,(H,15,19)(H,16,17,18). The molecule has 19 heavy (non-hydrogen) atoms. The number of carbonyl (C=O) groups is 1. The van der Waals surface area contributed by atoms with Gasteiger partial charge in [0.1, 0.15) is 11.0 Å². The lowest BCUT2D eigenvalue weighted by Gasteiger charge is -2.24. The summed E-state index contributed by atoms with van der Waals surface area (Å²) < 4.78 is 37.5. The van der Waals surface area contributed by atoms with Gasteiger partial charge in [0.25, 0.3) is 0 Å². The van der Waals surface area contributed by atoms with Gasteiger partial charge < -0.3 is 10.6 Å². The average molecular weight is 295 g/mol. The van der Waals surface area contributed by atoms with Gasteiger partial charge in [-0.25, -0.2) is 9.97 Å². The van der Waals surface area contributed by atoms with Crippen molar-refractivity contribution in [1.29, 1.82) is 0 Å². The van der Waals surface area contributed by atoms with Gasteiger partial charge in [0.05, 0.1) is 0 Å². The maximum absolute atomic E-state index is 12.5. The molecule has 2 heterocycles. The highest BCUT2D eigenvalue weighted by atomic mass is 35.5. The van der Waals surface area contributed by atoms with Gasteiger partial charge in [-0.2, -0.15) is 13.2 Å². The number of alkyl halides is 3. The summed E-state index contributed by atoms with van der Waals surface area (Å²) >= 11 is 5.54. The first-order chi connectivity index (χ1) is 8.84. The Bertz CT molecular complexity index is 484. The fourth-order valence-electron chi connectivity index (χ4n) is 1.68. The van der Waals surface area contributed by atoms with Crippen molar-refractivity contribution < 1.29 is 18.0 Å². The van der Waals surface area contributed by atoms with E-state index in [1.807, 2.05) is 0 Å². The van der Waals surface area contributed by atoms with Crippen LogP contribution in [0.25, 0.3) is 0 Å². The molecule has 1 aromatic rings. The molecular weight excluding hydrogens is 285 g/mol. The lowest BCUT2D eigenvalue weighted by atomic mass is 10.1. The Morgan fingerprint density at radius 1 is 1.42 bits per heavy atom. The first-order valence-corrected chi connectivity index (χ1v) is 5.87. The summed E-state index contributed by atoms with van der Waals surface area (Å²) in [5.74, 6) is -1.37. The summed E-state index contributed by atoms with van der Waals surface area (Å²) in [6, 6.07) is 1.04. The molecule has 9 heteroatoms. The molecule has 0 spiro atoms. The van der Waals surface area contributed by atoms with Crippen LogP contribution in [-0.4, -0.2) is 28.5 Å². The number of nitrogens with one attached hydrogen (secondary N) is 2. The van der Waals surface area contributed by atoms with Gasteiger partial charge in [-0.15, -0.1) is 0 Å². The molecule has 1 unspecified atom stereocenters. The molecule has 104 valence electrons. The van der Waals surface area contributed by atoms with E-state index < -0.39 is 12.0 Å². The normalized spacial score (nSPS) is 20.0. The molecule has 2 rings (SSSR count). The number of hydrogen-bond acceptors (Lipinski definition) is 4. The number of hydrogen-bond donors (Lipinski definition) is 2. The lowest BCUT2D eigenvalue weighted by Crippen LogP contribution is -2.42. The Hall–Kier alpha value is -1.57. The van der Waals surface area contributed by atoms with Crippen LogP contribution in [0.15, 0.2) is 6.07 Å². The Kier molecular flexibility index (Phi) is 3.79. The highest BCUT2D eigenvalue weighted by Gasteiger charge is 2.35. The molecule has 1 atom stereocenters. The van der Waals surface area contributed by atoms with E-state index >= 15 is 0 Å². The summed E-state index contributed by atoms with van der Waals surface area (Å²) in [6.07, 6.45) is -3.81. The third kappa shape index (κ3) is 3.69. The molecular formula is C10H10ClF3N4O. The molecule has 0 aromatic carbocycles. The second-order valence-electron chi connectivity index (χ2n) is 4.08. The highest BCUT2D eigenvalue weighted by Crippen LogP contribution is 2.28. The van der Waals surface area contributed by atoms with E-state index in [4.69, 9.17) is 11.6 Å². The molecule has 0 radical (unpaired) electrons. The van der Waals surface area contributed by atoms with Crippen molar-refractivity contribution in [2.75, 3.05) is 11.9 Å². The second kappa shape index (κ2) is 5.20. The average Bonchev–Trinajstić information content (AvgIpc) is 2.30. The van der Waals surface area contributed by atoms with Crippen molar-refractivity contribution in [3.05, 3.63) is 17.0 Å². The third-order valence-electron chi connectivity index (χ3n) is 2.57. The van der Waals surface area contributed by atoms with E-state index in [9.17, 15) is 18.0 Å². The van der Waals surface area contributed by atoms with Gasteiger partial charge >= 0.3 is 6.18 Å². The molecule has 1 fully saturated rings. The topological polar surface area (TPSA) is 66.9 Å². The quantitative estimate of drug-likeness (QED) is 0.817. The number of halogens is 4. The Morgan fingerprint density at radius 3 is 2.74 bits per heavy atom. The van der Waals surface area contributed by atoms with Crippen molar-refractivity contribution in [2.45, 2.75) is 25.1 Å². The first kappa shape index (κ1) is 13.9. The van der Waals surface area contributed by atoms with Gasteiger partial charge in [0.2, 0.25) is 11.7 Å². The SMILES string of the molecule is O=C1CCC(Nc2cc(Cl)nc(C(F)(F)F)n2)CN1. The van der Waals surface area contributed by atoms with E-state index in [2.05, 4.69) is 20.6 Å². The number of aromatic nitrogens is 2. The summed E-state index contributed by atoms with van der Waals surface area (Å²) in [5.41, 5.74) is 0. The number of nitrogens with zero attached hydrogens (tertiary/aromatic N) is 2. The van der Waals surface area contributed by atoms with Gasteiger partial charge in [-0.1, -0.05) is 11.6 Å². The fraction of sp³-hybridized carbons (Fsp3) is 0.500. The lowest BCUT2D eigenvalue weighted by molar-refractivity contribution is -0.144. The Balaban J connectivity index is 2.12. The number of rotatable bonds is 2. The van der Waals surface area contributed by atoms with E-state index in [1.165, 1.54) is 6.07 Å². The van der Waals surface area contributed by atoms with Gasteiger partial charge in [-0.05, 0) is 6.42 Å². The summed E-state index contributed by atoms with van der Waals surface area (Å²) in [4.78, 5) is 17.5. The van der Waals surface area contributed by atoms with Crippen molar-refractivity contribution in [1.82, 2.24) is 15.3 Å². The number of anilines is 1. The predicted octanol–water partition coefficient (Wildman–Crippen LogP) is 1.84. The van der Waals surface area contributed by atoms with Crippen molar-refractivity contribution in [3.8, 4) is 0 Å². The summed E-state index contributed by atoms with van der Waals surface area (Å²) in [6.45, 7) is 0.335. The monoisotopic (exact) mass is 294 g/mol. The van der Waals surface area contributed by atoms with Crippen LogP contribution in [0.4, 0.5) is 19.0 Å². The van der Waals surface area contributed by atoms with Crippen molar-refractivity contribution in [2.24, 2.45) is 0 Å². The Labute approximate surface area is 111 Å². The molecule has 2 N–H and O–H groups in total. The van der Waals surface area contributed by atoms with E-state index in [0.717, 1.165) is 0 Å². The van der Waals surface area contributed by atoms with Crippen LogP contribution in [0.5, 0.6) is 0 Å². The van der Waals surface area contributed by atoms with Crippen LogP contribution >= 0.6 is 11.6 Å². The summed E-state index contributed by atoms with van der Waals surface area (Å²) in [5, 5.41) is 5.13. The number of amides is 1. The van der Waals surface area contributed by atoms with Crippen LogP contribution in [0.2, 0.25) is 5.15 Å². The predicted molar refractivity (Wildman–Crippen MR) is 61.7 cm³/mol. The van der Waals surface area contributed by atoms with Crippen LogP contribution in [-0.2, 0) is 11.0 Å². The highest BCUT2D eigenvalue weighted by molar-refractivity contribution is 6.29. The fourth-order valence-corrected chi connectivity index (χ4v) is 1.87. The number of piperidine rings is 1. The molecule has 1 amide bonds. The molecule has 1 saturated heterocycles. The van der Waals surface area contributed by atoms with E-state index in [0.29, 0.717) is 19.4 Å².